The number of methoxy groups -OCH3 is 1. The summed E-state index contributed by atoms with van der Waals surface area (Å²) in [6.45, 7) is 0. The number of pyridine rings is 1. The van der Waals surface area contributed by atoms with Gasteiger partial charge in [0.2, 0.25) is 0 Å². The summed E-state index contributed by atoms with van der Waals surface area (Å²) in [5, 5.41) is 0.442. The highest BCUT2D eigenvalue weighted by Gasteiger charge is 2.08. The minimum Gasteiger partial charge on any atom is -0.464 e. The highest BCUT2D eigenvalue weighted by atomic mass is 79.9. The van der Waals surface area contributed by atoms with Gasteiger partial charge in [-0.15, -0.1) is 0 Å². The lowest BCUT2D eigenvalue weighted by Gasteiger charge is -1.99. The lowest BCUT2D eigenvalue weighted by Crippen LogP contribution is -2.03. The lowest BCUT2D eigenvalue weighted by atomic mass is 10.3. The second kappa shape index (κ2) is 3.87. The number of rotatable bonds is 1. The zero-order valence-electron chi connectivity index (χ0n) is 6.17. The molecular weight excluding hydrogens is 245 g/mol. The van der Waals surface area contributed by atoms with Gasteiger partial charge in [0.1, 0.15) is 4.60 Å². The molecule has 0 saturated heterocycles. The highest BCUT2D eigenvalue weighted by Crippen LogP contribution is 2.16. The van der Waals surface area contributed by atoms with Crippen LogP contribution in [0.5, 0.6) is 0 Å². The van der Waals surface area contributed by atoms with E-state index in [0.29, 0.717) is 9.63 Å². The van der Waals surface area contributed by atoms with Gasteiger partial charge in [0.25, 0.3) is 0 Å². The van der Waals surface area contributed by atoms with Crippen molar-refractivity contribution in [2.24, 2.45) is 0 Å². The average molecular weight is 250 g/mol. The Morgan fingerprint density at radius 2 is 2.33 bits per heavy atom. The van der Waals surface area contributed by atoms with Crippen LogP contribution in [0.4, 0.5) is 0 Å². The number of hydrogen-bond acceptors (Lipinski definition) is 3. The molecule has 0 bridgehead atoms. The third-order valence-corrected chi connectivity index (χ3v) is 1.78. The molecule has 0 aliphatic rings. The average Bonchev–Trinajstić information content (AvgIpc) is 2.01. The van der Waals surface area contributed by atoms with Gasteiger partial charge in [-0.2, -0.15) is 0 Å². The number of halogens is 2. The van der Waals surface area contributed by atoms with Gasteiger partial charge in [0.15, 0.2) is 5.69 Å². The molecule has 0 radical (unpaired) electrons. The Bertz CT molecular complexity index is 296. The Morgan fingerprint density at radius 3 is 2.83 bits per heavy atom. The van der Waals surface area contributed by atoms with Crippen LogP contribution in [0.2, 0.25) is 5.02 Å². The van der Waals surface area contributed by atoms with E-state index in [-0.39, 0.29) is 5.69 Å². The van der Waals surface area contributed by atoms with Crippen molar-refractivity contribution in [2.75, 3.05) is 7.11 Å². The Labute approximate surface area is 82.8 Å². The monoisotopic (exact) mass is 249 g/mol. The van der Waals surface area contributed by atoms with Crippen LogP contribution in [0.15, 0.2) is 16.7 Å². The Kier molecular flexibility index (Phi) is 3.05. The van der Waals surface area contributed by atoms with Crippen molar-refractivity contribution in [1.29, 1.82) is 0 Å². The van der Waals surface area contributed by atoms with Crippen molar-refractivity contribution >= 4 is 33.5 Å². The zero-order chi connectivity index (χ0) is 9.14. The molecule has 0 spiro atoms. The molecule has 0 fully saturated rings. The SMILES string of the molecule is COC(=O)c1cc(Cl)cc(Br)n1. The molecule has 0 atom stereocenters. The van der Waals surface area contributed by atoms with Crippen molar-refractivity contribution in [1.82, 2.24) is 4.98 Å². The molecule has 1 aromatic rings. The summed E-state index contributed by atoms with van der Waals surface area (Å²) in [5.41, 5.74) is 0.192. The van der Waals surface area contributed by atoms with Gasteiger partial charge in [-0.05, 0) is 28.1 Å². The molecule has 1 rings (SSSR count). The molecule has 3 nitrogen and oxygen atoms in total. The van der Waals surface area contributed by atoms with E-state index in [1.807, 2.05) is 0 Å². The van der Waals surface area contributed by atoms with Crippen molar-refractivity contribution in [3.63, 3.8) is 0 Å². The number of esters is 1. The molecule has 0 amide bonds. The van der Waals surface area contributed by atoms with E-state index in [1.54, 1.807) is 6.07 Å². The van der Waals surface area contributed by atoms with E-state index < -0.39 is 5.97 Å². The van der Waals surface area contributed by atoms with Gasteiger partial charge in [-0.25, -0.2) is 9.78 Å². The second-order valence-corrected chi connectivity index (χ2v) is 3.23. The molecule has 0 aliphatic heterocycles. The number of ether oxygens (including phenoxy) is 1. The maximum Gasteiger partial charge on any atom is 0.356 e. The minimum absolute atomic E-state index is 0.192. The normalized spacial score (nSPS) is 9.58. The van der Waals surface area contributed by atoms with E-state index in [0.717, 1.165) is 0 Å². The van der Waals surface area contributed by atoms with Crippen LogP contribution in [0.25, 0.3) is 0 Å². The molecule has 0 saturated carbocycles. The first-order chi connectivity index (χ1) is 5.63. The van der Waals surface area contributed by atoms with E-state index in [1.165, 1.54) is 13.2 Å². The second-order valence-electron chi connectivity index (χ2n) is 1.98. The van der Waals surface area contributed by atoms with Crippen molar-refractivity contribution < 1.29 is 9.53 Å². The van der Waals surface area contributed by atoms with E-state index in [2.05, 4.69) is 25.7 Å². The molecule has 12 heavy (non-hydrogen) atoms. The molecule has 64 valence electrons. The maximum absolute atomic E-state index is 11.0. The summed E-state index contributed by atoms with van der Waals surface area (Å²) >= 11 is 8.78. The summed E-state index contributed by atoms with van der Waals surface area (Å²) in [7, 11) is 1.29. The number of carbonyl (C=O) groups is 1. The molecule has 1 heterocycles. The number of nitrogens with zero attached hydrogens (tertiary/aromatic N) is 1. The maximum atomic E-state index is 11.0. The van der Waals surface area contributed by atoms with Crippen LogP contribution >= 0.6 is 27.5 Å². The fourth-order valence-electron chi connectivity index (χ4n) is 0.675. The van der Waals surface area contributed by atoms with Gasteiger partial charge in [0, 0.05) is 5.02 Å². The Morgan fingerprint density at radius 1 is 1.67 bits per heavy atom. The Balaban J connectivity index is 3.08. The molecule has 0 N–H and O–H groups in total. The van der Waals surface area contributed by atoms with Crippen LogP contribution in [-0.2, 0) is 4.74 Å². The summed E-state index contributed by atoms with van der Waals surface area (Å²) in [5.74, 6) is -0.502. The molecule has 1 aromatic heterocycles. The van der Waals surface area contributed by atoms with Gasteiger partial charge < -0.3 is 4.74 Å². The first-order valence-electron chi connectivity index (χ1n) is 3.05. The number of aromatic nitrogens is 1. The fraction of sp³-hybridized carbons (Fsp3) is 0.143. The summed E-state index contributed by atoms with van der Waals surface area (Å²) in [6, 6.07) is 3.03. The molecule has 0 aromatic carbocycles. The molecule has 0 unspecified atom stereocenters. The third-order valence-electron chi connectivity index (χ3n) is 1.15. The van der Waals surface area contributed by atoms with Crippen LogP contribution in [-0.4, -0.2) is 18.1 Å². The summed E-state index contributed by atoms with van der Waals surface area (Å²) < 4.78 is 4.97. The first-order valence-corrected chi connectivity index (χ1v) is 4.22. The summed E-state index contributed by atoms with van der Waals surface area (Å²) in [6.07, 6.45) is 0. The van der Waals surface area contributed by atoms with E-state index >= 15 is 0 Å². The van der Waals surface area contributed by atoms with Gasteiger partial charge in [0.05, 0.1) is 7.11 Å². The summed E-state index contributed by atoms with van der Waals surface area (Å²) in [4.78, 5) is 14.8. The van der Waals surface area contributed by atoms with Crippen LogP contribution in [0, 0.1) is 0 Å². The zero-order valence-corrected chi connectivity index (χ0v) is 8.52. The lowest BCUT2D eigenvalue weighted by molar-refractivity contribution is 0.0594. The largest absolute Gasteiger partial charge is 0.464 e. The minimum atomic E-state index is -0.502. The van der Waals surface area contributed by atoms with Crippen molar-refractivity contribution in [3.05, 3.63) is 27.5 Å². The predicted molar refractivity (Wildman–Crippen MR) is 48.3 cm³/mol. The van der Waals surface area contributed by atoms with Crippen LogP contribution in [0.3, 0.4) is 0 Å². The first kappa shape index (κ1) is 9.48. The van der Waals surface area contributed by atoms with Gasteiger partial charge >= 0.3 is 5.97 Å². The van der Waals surface area contributed by atoms with Crippen LogP contribution < -0.4 is 0 Å². The highest BCUT2D eigenvalue weighted by molar-refractivity contribution is 9.10. The van der Waals surface area contributed by atoms with E-state index in [4.69, 9.17) is 11.6 Å². The smallest absolute Gasteiger partial charge is 0.356 e. The quantitative estimate of drug-likeness (QED) is 0.567. The standard InChI is InChI=1S/C7H5BrClNO2/c1-12-7(11)5-2-4(9)3-6(8)10-5/h2-3H,1H3. The third kappa shape index (κ3) is 2.19. The topological polar surface area (TPSA) is 39.2 Å². The van der Waals surface area contributed by atoms with Crippen molar-refractivity contribution in [3.8, 4) is 0 Å². The van der Waals surface area contributed by atoms with Crippen LogP contribution in [0.1, 0.15) is 10.5 Å². The predicted octanol–water partition coefficient (Wildman–Crippen LogP) is 2.28. The molecule has 5 heteroatoms. The number of carbonyl (C=O) groups excluding carboxylic acids is 1. The van der Waals surface area contributed by atoms with Crippen molar-refractivity contribution in [2.45, 2.75) is 0 Å². The molecule has 0 aliphatic carbocycles. The fourth-order valence-corrected chi connectivity index (χ4v) is 1.45. The number of hydrogen-bond donors (Lipinski definition) is 0. The molecular formula is C7H5BrClNO2. The van der Waals surface area contributed by atoms with E-state index in [9.17, 15) is 4.79 Å². The van der Waals surface area contributed by atoms with Gasteiger partial charge in [-0.3, -0.25) is 0 Å². The van der Waals surface area contributed by atoms with Gasteiger partial charge in [-0.1, -0.05) is 11.6 Å². The Hall–Kier alpha value is -0.610.